The number of nitrogens with zero attached hydrogens (tertiary/aromatic N) is 3. The van der Waals surface area contributed by atoms with Gasteiger partial charge < -0.3 is 9.64 Å². The van der Waals surface area contributed by atoms with Crippen molar-refractivity contribution in [1.82, 2.24) is 0 Å². The Labute approximate surface area is 149 Å². The van der Waals surface area contributed by atoms with Gasteiger partial charge in [0, 0.05) is 29.9 Å². The highest BCUT2D eigenvalue weighted by Crippen LogP contribution is 2.26. The first-order valence-corrected chi connectivity index (χ1v) is 8.23. The fourth-order valence-corrected chi connectivity index (χ4v) is 2.59. The molecule has 2 rings (SSSR count). The van der Waals surface area contributed by atoms with Crippen LogP contribution in [0.2, 0.25) is 0 Å². The Kier molecular flexibility index (Phi) is 6.20. The standard InChI is InChI=1S/C21H21N3O/c1-5-24(6-2)19-11-8-17(9-12-19)7-10-18-15-25-16(3)13-20(18)21(14-22)23-4/h7-13,15H,5-6H2,1-3H3/b10-7+,21-20-. The normalized spacial score (nSPS) is 15.6. The van der Waals surface area contributed by atoms with Crippen LogP contribution in [0, 0.1) is 17.9 Å². The SMILES string of the molecule is [C-]#[N+]/C(C#N)=C1/C=C(C)OC=C1/C=C/c1ccc(N(CC)CC)cc1. The molecule has 0 saturated carbocycles. The average Bonchev–Trinajstić information content (AvgIpc) is 2.64. The van der Waals surface area contributed by atoms with E-state index in [0.29, 0.717) is 16.9 Å². The predicted octanol–water partition coefficient (Wildman–Crippen LogP) is 5.06. The minimum atomic E-state index is 0.0652. The third-order valence-corrected chi connectivity index (χ3v) is 3.98. The molecule has 1 aliphatic rings. The fourth-order valence-electron chi connectivity index (χ4n) is 2.59. The molecule has 0 radical (unpaired) electrons. The molecule has 0 N–H and O–H groups in total. The van der Waals surface area contributed by atoms with Gasteiger partial charge in [0.2, 0.25) is 0 Å². The number of hydrogen-bond donors (Lipinski definition) is 0. The van der Waals surface area contributed by atoms with E-state index in [0.717, 1.165) is 18.7 Å². The molecule has 126 valence electrons. The Balaban J connectivity index is 2.25. The number of rotatable bonds is 5. The van der Waals surface area contributed by atoms with Crippen molar-refractivity contribution in [2.45, 2.75) is 20.8 Å². The monoisotopic (exact) mass is 331 g/mol. The van der Waals surface area contributed by atoms with E-state index in [2.05, 4.69) is 47.9 Å². The Hall–Kier alpha value is -3.24. The number of benzene rings is 1. The maximum absolute atomic E-state index is 9.15. The number of allylic oxidation sites excluding steroid dienone is 6. The lowest BCUT2D eigenvalue weighted by atomic mass is 10.0. The van der Waals surface area contributed by atoms with Gasteiger partial charge in [-0.3, -0.25) is 0 Å². The molecule has 0 atom stereocenters. The van der Waals surface area contributed by atoms with Gasteiger partial charge in [-0.05, 0) is 44.5 Å². The van der Waals surface area contributed by atoms with Gasteiger partial charge in [-0.25, -0.2) is 10.1 Å². The van der Waals surface area contributed by atoms with Crippen molar-refractivity contribution in [2.75, 3.05) is 18.0 Å². The van der Waals surface area contributed by atoms with Crippen molar-refractivity contribution in [2.24, 2.45) is 0 Å². The predicted molar refractivity (Wildman–Crippen MR) is 101 cm³/mol. The summed E-state index contributed by atoms with van der Waals surface area (Å²) in [7, 11) is 0. The average molecular weight is 331 g/mol. The van der Waals surface area contributed by atoms with E-state index in [9.17, 15) is 0 Å². The van der Waals surface area contributed by atoms with Gasteiger partial charge in [-0.15, -0.1) is 0 Å². The molecule has 1 heterocycles. The van der Waals surface area contributed by atoms with Crippen molar-refractivity contribution < 1.29 is 4.74 Å². The Morgan fingerprint density at radius 2 is 1.92 bits per heavy atom. The van der Waals surface area contributed by atoms with Gasteiger partial charge in [-0.2, -0.15) is 0 Å². The lowest BCUT2D eigenvalue weighted by molar-refractivity contribution is 0.346. The van der Waals surface area contributed by atoms with Crippen molar-refractivity contribution in [3.63, 3.8) is 0 Å². The summed E-state index contributed by atoms with van der Waals surface area (Å²) in [4.78, 5) is 5.59. The van der Waals surface area contributed by atoms with Crippen LogP contribution in [0.4, 0.5) is 5.69 Å². The van der Waals surface area contributed by atoms with Crippen molar-refractivity contribution >= 4 is 11.8 Å². The zero-order valence-electron chi connectivity index (χ0n) is 14.8. The third kappa shape index (κ3) is 4.40. The minimum Gasteiger partial charge on any atom is -0.469 e. The number of hydrogen-bond acceptors (Lipinski definition) is 3. The van der Waals surface area contributed by atoms with Crippen molar-refractivity contribution in [3.05, 3.63) is 82.3 Å². The summed E-state index contributed by atoms with van der Waals surface area (Å²) < 4.78 is 5.42. The largest absolute Gasteiger partial charge is 0.469 e. The van der Waals surface area contributed by atoms with E-state index in [-0.39, 0.29) is 5.70 Å². The lowest BCUT2D eigenvalue weighted by Crippen LogP contribution is -2.21. The topological polar surface area (TPSA) is 40.6 Å². The highest BCUT2D eigenvalue weighted by Gasteiger charge is 2.13. The minimum absolute atomic E-state index is 0.0652. The van der Waals surface area contributed by atoms with Gasteiger partial charge in [0.05, 0.1) is 24.7 Å². The number of anilines is 1. The summed E-state index contributed by atoms with van der Waals surface area (Å²) >= 11 is 0. The second kappa shape index (κ2) is 8.57. The molecule has 0 amide bonds. The van der Waals surface area contributed by atoms with E-state index in [1.165, 1.54) is 5.69 Å². The van der Waals surface area contributed by atoms with Crippen LogP contribution in [-0.2, 0) is 4.74 Å². The zero-order valence-corrected chi connectivity index (χ0v) is 14.8. The molecule has 0 unspecified atom stereocenters. The molecule has 4 heteroatoms. The van der Waals surface area contributed by atoms with Gasteiger partial charge >= 0.3 is 0 Å². The Morgan fingerprint density at radius 3 is 2.48 bits per heavy atom. The summed E-state index contributed by atoms with van der Waals surface area (Å²) in [5.41, 5.74) is 3.61. The van der Waals surface area contributed by atoms with Crippen LogP contribution in [0.3, 0.4) is 0 Å². The van der Waals surface area contributed by atoms with E-state index in [1.807, 2.05) is 18.2 Å². The van der Waals surface area contributed by atoms with Crippen LogP contribution in [0.5, 0.6) is 0 Å². The molecular weight excluding hydrogens is 310 g/mol. The molecule has 0 bridgehead atoms. The molecule has 0 fully saturated rings. The Morgan fingerprint density at radius 1 is 1.24 bits per heavy atom. The highest BCUT2D eigenvalue weighted by molar-refractivity contribution is 5.63. The van der Waals surface area contributed by atoms with Crippen LogP contribution >= 0.6 is 0 Å². The fraction of sp³-hybridized carbons (Fsp3) is 0.238. The summed E-state index contributed by atoms with van der Waals surface area (Å²) in [6.07, 6.45) is 7.12. The van der Waals surface area contributed by atoms with E-state index in [4.69, 9.17) is 16.6 Å². The molecule has 0 aliphatic carbocycles. The quantitative estimate of drug-likeness (QED) is 0.559. The maximum Gasteiger partial charge on any atom is 0.269 e. The van der Waals surface area contributed by atoms with E-state index >= 15 is 0 Å². The number of ether oxygens (including phenoxy) is 1. The molecule has 1 aromatic rings. The molecule has 0 spiro atoms. The van der Waals surface area contributed by atoms with Crippen molar-refractivity contribution in [1.29, 1.82) is 5.26 Å². The van der Waals surface area contributed by atoms with Crippen molar-refractivity contribution in [3.8, 4) is 6.07 Å². The van der Waals surface area contributed by atoms with Crippen LogP contribution in [0.1, 0.15) is 26.3 Å². The maximum atomic E-state index is 9.15. The van der Waals surface area contributed by atoms with Gasteiger partial charge in [-0.1, -0.05) is 24.3 Å². The van der Waals surface area contributed by atoms with Crippen LogP contribution in [-0.4, -0.2) is 13.1 Å². The second-order valence-corrected chi connectivity index (χ2v) is 5.53. The molecule has 1 aromatic carbocycles. The first kappa shape index (κ1) is 18.1. The van der Waals surface area contributed by atoms with Gasteiger partial charge in [0.15, 0.2) is 0 Å². The van der Waals surface area contributed by atoms with Crippen LogP contribution in [0.15, 0.2) is 65.3 Å². The first-order chi connectivity index (χ1) is 12.1. The Bertz CT molecular complexity index is 807. The van der Waals surface area contributed by atoms with E-state index < -0.39 is 0 Å². The number of nitriles is 1. The molecular formula is C21H21N3O. The van der Waals surface area contributed by atoms with Crippen LogP contribution < -0.4 is 4.90 Å². The molecule has 25 heavy (non-hydrogen) atoms. The molecule has 1 aliphatic heterocycles. The van der Waals surface area contributed by atoms with Crippen LogP contribution in [0.25, 0.3) is 10.9 Å². The summed E-state index contributed by atoms with van der Waals surface area (Å²) in [5, 5.41) is 9.15. The zero-order chi connectivity index (χ0) is 18.2. The lowest BCUT2D eigenvalue weighted by Gasteiger charge is -2.20. The first-order valence-electron chi connectivity index (χ1n) is 8.23. The summed E-state index contributed by atoms with van der Waals surface area (Å²) in [6, 6.07) is 10.2. The smallest absolute Gasteiger partial charge is 0.269 e. The second-order valence-electron chi connectivity index (χ2n) is 5.53. The third-order valence-electron chi connectivity index (χ3n) is 3.98. The highest BCUT2D eigenvalue weighted by atomic mass is 16.5. The van der Waals surface area contributed by atoms with Gasteiger partial charge in [0.25, 0.3) is 5.70 Å². The molecule has 0 saturated heterocycles. The molecule has 0 aromatic heterocycles. The van der Waals surface area contributed by atoms with Gasteiger partial charge in [0.1, 0.15) is 0 Å². The molecule has 4 nitrogen and oxygen atoms in total. The van der Waals surface area contributed by atoms with E-state index in [1.54, 1.807) is 19.3 Å². The summed E-state index contributed by atoms with van der Waals surface area (Å²) in [6.45, 7) is 15.2. The summed E-state index contributed by atoms with van der Waals surface area (Å²) in [5.74, 6) is 0.659.